The Hall–Kier alpha value is 0.604. The molecule has 4 unspecified atom stereocenters. The fourth-order valence-electron chi connectivity index (χ4n) is 2.70. The fourth-order valence-corrected chi connectivity index (χ4v) is 19.7. The van der Waals surface area contributed by atoms with Gasteiger partial charge >= 0.3 is 43.8 Å². The summed E-state index contributed by atoms with van der Waals surface area (Å²) < 4.78 is 37.9. The van der Waals surface area contributed by atoms with Crippen LogP contribution >= 0.6 is 0 Å². The normalized spacial score (nSPS) is 20.9. The molecule has 0 amide bonds. The first-order valence-corrected chi connectivity index (χ1v) is 21.1. The van der Waals surface area contributed by atoms with Crippen molar-refractivity contribution >= 4 is 43.8 Å². The van der Waals surface area contributed by atoms with Crippen molar-refractivity contribution in [3.05, 3.63) is 0 Å². The average molecular weight is 527 g/mol. The Labute approximate surface area is 184 Å². The average Bonchev–Trinajstić information content (AvgIpc) is 2.47. The summed E-state index contributed by atoms with van der Waals surface area (Å²) in [6.07, 6.45) is -3.61. The van der Waals surface area contributed by atoms with Gasteiger partial charge in [-0.1, -0.05) is 0 Å². The van der Waals surface area contributed by atoms with Crippen molar-refractivity contribution in [3.8, 4) is 0 Å². The molecule has 17 heteroatoms. The van der Waals surface area contributed by atoms with E-state index in [1.54, 1.807) is 39.3 Å². The second-order valence-electron chi connectivity index (χ2n) is 8.17. The van der Waals surface area contributed by atoms with Crippen LogP contribution in [-0.2, 0) is 29.7 Å². The molecule has 0 aromatic rings. The van der Waals surface area contributed by atoms with E-state index in [0.717, 1.165) is 14.2 Å². The van der Waals surface area contributed by atoms with E-state index in [2.05, 4.69) is 0 Å². The predicted molar refractivity (Wildman–Crippen MR) is 117 cm³/mol. The zero-order chi connectivity index (χ0) is 24.2. The molecule has 0 saturated heterocycles. The molecule has 0 radical (unpaired) electrons. The SMILES string of the molecule is CO[Si](O)(OC(C(C)O)[C@H](C)O)O[Si](O)(OC)O[Si](C)(C)O[Si](C)(C)O[Si](C)(C)O. The Balaban J connectivity index is 5.50. The van der Waals surface area contributed by atoms with Crippen LogP contribution in [0.2, 0.25) is 39.3 Å². The third-order valence-electron chi connectivity index (χ3n) is 3.37. The number of hydrogen-bond donors (Lipinski definition) is 5. The van der Waals surface area contributed by atoms with Gasteiger partial charge in [-0.2, -0.15) is 0 Å². The minimum atomic E-state index is -4.61. The van der Waals surface area contributed by atoms with E-state index >= 15 is 0 Å². The van der Waals surface area contributed by atoms with E-state index in [9.17, 15) is 24.6 Å². The Bertz CT molecular complexity index is 523. The van der Waals surface area contributed by atoms with E-state index in [0.29, 0.717) is 0 Å². The van der Waals surface area contributed by atoms with Crippen molar-refractivity contribution in [1.82, 2.24) is 0 Å². The van der Waals surface area contributed by atoms with Gasteiger partial charge in [0.15, 0.2) is 0 Å². The molecule has 5 N–H and O–H groups in total. The van der Waals surface area contributed by atoms with Crippen LogP contribution in [0.5, 0.6) is 0 Å². The Morgan fingerprint density at radius 2 is 1.00 bits per heavy atom. The second-order valence-corrected chi connectivity index (χ2v) is 23.1. The maximum absolute atomic E-state index is 10.8. The van der Waals surface area contributed by atoms with Crippen molar-refractivity contribution in [2.75, 3.05) is 14.2 Å². The van der Waals surface area contributed by atoms with Crippen molar-refractivity contribution in [2.45, 2.75) is 71.4 Å². The molecule has 0 spiro atoms. The predicted octanol–water partition coefficient (Wildman–Crippen LogP) is -0.554. The van der Waals surface area contributed by atoms with E-state index in [4.69, 9.17) is 29.7 Å². The molecule has 5 atom stereocenters. The van der Waals surface area contributed by atoms with Crippen LogP contribution in [0.15, 0.2) is 0 Å². The molecule has 30 heavy (non-hydrogen) atoms. The van der Waals surface area contributed by atoms with Gasteiger partial charge in [-0.3, -0.25) is 0 Å². The quantitative estimate of drug-likeness (QED) is 0.183. The van der Waals surface area contributed by atoms with Gasteiger partial charge < -0.3 is 54.3 Å². The molecule has 182 valence electrons. The summed E-state index contributed by atoms with van der Waals surface area (Å²) in [4.78, 5) is 31.5. The smallest absolute Gasteiger partial charge is 0.416 e. The van der Waals surface area contributed by atoms with E-state index in [1.807, 2.05) is 0 Å². The molecule has 0 bridgehead atoms. The maximum Gasteiger partial charge on any atom is 0.671 e. The monoisotopic (exact) mass is 526 g/mol. The minimum Gasteiger partial charge on any atom is -0.416 e. The van der Waals surface area contributed by atoms with Gasteiger partial charge in [-0.15, -0.1) is 0 Å². The van der Waals surface area contributed by atoms with E-state index < -0.39 is 62.1 Å². The van der Waals surface area contributed by atoms with Crippen LogP contribution in [0.3, 0.4) is 0 Å². The van der Waals surface area contributed by atoms with Crippen LogP contribution in [0.25, 0.3) is 0 Å². The van der Waals surface area contributed by atoms with Crippen molar-refractivity contribution in [3.63, 3.8) is 0 Å². The first kappa shape index (κ1) is 30.6. The van der Waals surface area contributed by atoms with Gasteiger partial charge in [-0.25, -0.2) is 0 Å². The highest BCUT2D eigenvalue weighted by Crippen LogP contribution is 2.25. The lowest BCUT2D eigenvalue weighted by Gasteiger charge is -2.39. The van der Waals surface area contributed by atoms with Crippen LogP contribution in [0.4, 0.5) is 0 Å². The molecule has 0 aliphatic heterocycles. The van der Waals surface area contributed by atoms with Gasteiger partial charge in [0.25, 0.3) is 0 Å². The van der Waals surface area contributed by atoms with Gasteiger partial charge in [0.05, 0.1) is 12.2 Å². The molecule has 0 aliphatic carbocycles. The van der Waals surface area contributed by atoms with E-state index in [-0.39, 0.29) is 0 Å². The summed E-state index contributed by atoms with van der Waals surface area (Å²) in [7, 11) is -15.9. The zero-order valence-corrected chi connectivity index (χ0v) is 24.3. The van der Waals surface area contributed by atoms with Gasteiger partial charge in [0, 0.05) is 14.2 Å². The highest BCUT2D eigenvalue weighted by molar-refractivity contribution is 6.86. The summed E-state index contributed by atoms with van der Waals surface area (Å²) in [6, 6.07) is 0. The molecule has 0 aliphatic rings. The lowest BCUT2D eigenvalue weighted by molar-refractivity contribution is -0.0945. The molecular formula is C13H38O12Si5. The van der Waals surface area contributed by atoms with Crippen molar-refractivity contribution < 1.29 is 54.3 Å². The summed E-state index contributed by atoms with van der Waals surface area (Å²) in [6.45, 7) is 12.6. The highest BCUT2D eigenvalue weighted by Gasteiger charge is 2.59. The number of aliphatic hydroxyl groups excluding tert-OH is 2. The minimum absolute atomic E-state index is 1.08. The summed E-state index contributed by atoms with van der Waals surface area (Å²) in [5.41, 5.74) is 0. The molecule has 0 saturated carbocycles. The first-order chi connectivity index (χ1) is 13.2. The Morgan fingerprint density at radius 1 is 0.600 bits per heavy atom. The van der Waals surface area contributed by atoms with Crippen molar-refractivity contribution in [2.24, 2.45) is 0 Å². The summed E-state index contributed by atoms with van der Waals surface area (Å²) in [5, 5.41) is 19.5. The molecular weight excluding hydrogens is 489 g/mol. The lowest BCUT2D eigenvalue weighted by atomic mass is 10.1. The largest absolute Gasteiger partial charge is 0.671 e. The first-order valence-electron chi connectivity index (χ1n) is 9.31. The third-order valence-corrected chi connectivity index (χ3v) is 17.9. The molecule has 0 aromatic heterocycles. The third kappa shape index (κ3) is 11.5. The molecule has 0 rings (SSSR count). The standard InChI is InChI=1S/C13H38O12Si5/c1-11(14)13(12(2)15)21-29(17,19-3)25-30(18,20-4)24-28(9,10)23-27(7,8)22-26(5,6)16/h11-18H,1-10H3/t11-,12?,13?,29?,30?/m0/s1. The number of rotatable bonds is 14. The molecule has 12 nitrogen and oxygen atoms in total. The topological polar surface area (TPSA) is 166 Å². The Kier molecular flexibility index (Phi) is 11.4. The van der Waals surface area contributed by atoms with Crippen LogP contribution in [0.1, 0.15) is 13.8 Å². The van der Waals surface area contributed by atoms with Crippen LogP contribution in [0, 0.1) is 0 Å². The Morgan fingerprint density at radius 3 is 1.33 bits per heavy atom. The lowest BCUT2D eigenvalue weighted by Crippen LogP contribution is -2.65. The van der Waals surface area contributed by atoms with Gasteiger partial charge in [-0.05, 0) is 53.1 Å². The highest BCUT2D eigenvalue weighted by atomic mass is 28.5. The van der Waals surface area contributed by atoms with Gasteiger partial charge in [0.2, 0.25) is 0 Å². The van der Waals surface area contributed by atoms with Crippen LogP contribution < -0.4 is 0 Å². The number of hydrogen-bond acceptors (Lipinski definition) is 12. The molecule has 0 heterocycles. The summed E-state index contributed by atoms with van der Waals surface area (Å²) >= 11 is 0. The number of aliphatic hydroxyl groups is 2. The van der Waals surface area contributed by atoms with Crippen molar-refractivity contribution in [1.29, 1.82) is 0 Å². The molecule has 0 aromatic carbocycles. The zero-order valence-electron chi connectivity index (χ0n) is 19.3. The van der Waals surface area contributed by atoms with Gasteiger partial charge in [0.1, 0.15) is 6.10 Å². The summed E-state index contributed by atoms with van der Waals surface area (Å²) in [5.74, 6) is 0. The van der Waals surface area contributed by atoms with Crippen LogP contribution in [-0.4, -0.2) is 101 Å². The van der Waals surface area contributed by atoms with E-state index in [1.165, 1.54) is 13.8 Å². The second kappa shape index (κ2) is 11.2. The molecule has 0 fully saturated rings. The fraction of sp³-hybridized carbons (Fsp3) is 1.00. The maximum atomic E-state index is 10.8.